The van der Waals surface area contributed by atoms with Crippen LogP contribution in [-0.4, -0.2) is 31.7 Å². The van der Waals surface area contributed by atoms with Crippen molar-refractivity contribution in [2.75, 3.05) is 0 Å². The van der Waals surface area contributed by atoms with Crippen LogP contribution in [0.4, 0.5) is 5.69 Å². The minimum Gasteiger partial charge on any atom is -0.502 e. The molecule has 11 heteroatoms. The molecule has 2 heterocycles. The van der Waals surface area contributed by atoms with E-state index in [0.717, 1.165) is 36.1 Å². The normalized spacial score (nSPS) is 13.1. The number of benzene rings is 3. The summed E-state index contributed by atoms with van der Waals surface area (Å²) in [6.45, 7) is 0. The van der Waals surface area contributed by atoms with Crippen molar-refractivity contribution < 1.29 is 14.8 Å². The summed E-state index contributed by atoms with van der Waals surface area (Å²) in [4.78, 5) is 43.5. The van der Waals surface area contributed by atoms with Gasteiger partial charge in [-0.3, -0.25) is 24.3 Å². The Morgan fingerprint density at radius 2 is 1.97 bits per heavy atom. The number of nitro groups is 1. The van der Waals surface area contributed by atoms with E-state index in [1.165, 1.54) is 28.1 Å². The average molecular weight is 540 g/mol. The molecule has 0 unspecified atom stereocenters. The van der Waals surface area contributed by atoms with Crippen molar-refractivity contribution in [1.82, 2.24) is 15.0 Å². The van der Waals surface area contributed by atoms with E-state index in [9.17, 15) is 24.8 Å². The van der Waals surface area contributed by atoms with Crippen LogP contribution in [0.5, 0.6) is 5.75 Å². The van der Waals surface area contributed by atoms with Gasteiger partial charge in [0.1, 0.15) is 11.2 Å². The van der Waals surface area contributed by atoms with Crippen LogP contribution in [0, 0.1) is 10.1 Å². The van der Waals surface area contributed by atoms with E-state index in [1.54, 1.807) is 59.9 Å². The quantitative estimate of drug-likeness (QED) is 0.186. The van der Waals surface area contributed by atoms with Crippen LogP contribution in [0.2, 0.25) is 0 Å². The molecule has 2 N–H and O–H groups in total. The van der Waals surface area contributed by atoms with Gasteiger partial charge in [-0.1, -0.05) is 30.3 Å². The lowest BCUT2D eigenvalue weighted by molar-refractivity contribution is -0.385. The predicted octanol–water partition coefficient (Wildman–Crippen LogP) is 4.86. The van der Waals surface area contributed by atoms with E-state index >= 15 is 0 Å². The molecule has 5 aromatic rings. The van der Waals surface area contributed by atoms with Gasteiger partial charge in [-0.15, -0.1) is 11.3 Å². The zero-order chi connectivity index (χ0) is 27.1. The van der Waals surface area contributed by atoms with Gasteiger partial charge in [0.05, 0.1) is 27.8 Å². The van der Waals surface area contributed by atoms with Crippen LogP contribution in [0.15, 0.2) is 70.8 Å². The lowest BCUT2D eigenvalue weighted by Gasteiger charge is -2.11. The van der Waals surface area contributed by atoms with Gasteiger partial charge in [-0.2, -0.15) is 5.10 Å². The van der Waals surface area contributed by atoms with Gasteiger partial charge in [-0.05, 0) is 60.2 Å². The molecule has 194 valence electrons. The molecular weight excluding hydrogens is 518 g/mol. The number of nitro benzene ring substituents is 1. The third kappa shape index (κ3) is 4.32. The molecule has 1 aliphatic carbocycles. The van der Waals surface area contributed by atoms with Gasteiger partial charge in [0.2, 0.25) is 5.75 Å². The van der Waals surface area contributed by atoms with Gasteiger partial charge in [-0.25, -0.2) is 10.4 Å². The van der Waals surface area contributed by atoms with Crippen molar-refractivity contribution in [2.45, 2.75) is 25.7 Å². The summed E-state index contributed by atoms with van der Waals surface area (Å²) in [5, 5.41) is 27.6. The van der Waals surface area contributed by atoms with Gasteiger partial charge >= 0.3 is 5.69 Å². The highest BCUT2D eigenvalue weighted by molar-refractivity contribution is 7.18. The molecule has 6 rings (SSSR count). The number of rotatable bonds is 5. The summed E-state index contributed by atoms with van der Waals surface area (Å²) in [6, 6.07) is 14.7. The van der Waals surface area contributed by atoms with E-state index in [-0.39, 0.29) is 16.7 Å². The van der Waals surface area contributed by atoms with E-state index in [0.29, 0.717) is 21.8 Å². The molecule has 0 atom stereocenters. The number of phenols is 1. The summed E-state index contributed by atoms with van der Waals surface area (Å²) < 4.78 is 1.44. The van der Waals surface area contributed by atoms with E-state index < -0.39 is 22.3 Å². The van der Waals surface area contributed by atoms with Crippen molar-refractivity contribution in [3.63, 3.8) is 0 Å². The number of aromatic nitrogens is 2. The zero-order valence-corrected chi connectivity index (χ0v) is 21.3. The van der Waals surface area contributed by atoms with Crippen LogP contribution < -0.4 is 11.0 Å². The number of phenolic OH excluding ortho intramolecular Hbond substituents is 1. The smallest absolute Gasteiger partial charge is 0.312 e. The molecule has 1 amide bonds. The maximum atomic E-state index is 13.4. The Labute approximate surface area is 225 Å². The van der Waals surface area contributed by atoms with Crippen LogP contribution in [-0.2, 0) is 12.8 Å². The Balaban J connectivity index is 1.30. The third-order valence-electron chi connectivity index (χ3n) is 6.86. The van der Waals surface area contributed by atoms with Crippen molar-refractivity contribution in [3.05, 3.63) is 103 Å². The van der Waals surface area contributed by atoms with Crippen LogP contribution in [0.3, 0.4) is 0 Å². The molecule has 1 aliphatic rings. The lowest BCUT2D eigenvalue weighted by atomic mass is 9.97. The second-order valence-corrected chi connectivity index (χ2v) is 10.3. The molecule has 0 radical (unpaired) electrons. The van der Waals surface area contributed by atoms with Crippen LogP contribution in [0.25, 0.3) is 26.7 Å². The Morgan fingerprint density at radius 3 is 2.82 bits per heavy atom. The molecule has 0 saturated carbocycles. The number of nitrogens with zero attached hydrogens (tertiary/aromatic N) is 4. The number of aryl methyl sites for hydroxylation is 2. The maximum absolute atomic E-state index is 13.4. The van der Waals surface area contributed by atoms with Crippen molar-refractivity contribution in [1.29, 1.82) is 0 Å². The first-order valence-corrected chi connectivity index (χ1v) is 13.1. The molecule has 2 aromatic heterocycles. The van der Waals surface area contributed by atoms with Crippen LogP contribution in [0.1, 0.15) is 39.2 Å². The molecule has 3 aromatic carbocycles. The number of amides is 1. The first-order chi connectivity index (χ1) is 18.9. The number of hydrogen-bond donors (Lipinski definition) is 2. The highest BCUT2D eigenvalue weighted by Gasteiger charge is 2.21. The Kier molecular flexibility index (Phi) is 6.12. The molecule has 0 saturated heterocycles. The van der Waals surface area contributed by atoms with Crippen molar-refractivity contribution in [2.24, 2.45) is 5.10 Å². The van der Waals surface area contributed by atoms with E-state index in [4.69, 9.17) is 0 Å². The second kappa shape index (κ2) is 9.76. The standard InChI is InChI=1S/C28H21N5O5S/c34-25-21(19-9-2-1-6-16(19)13-22(25)33(37)38)14-30-31-26(35)17-7-5-8-18(12-17)32-15-29-27-24(28(32)36)20-10-3-4-11-23(20)39-27/h1-2,5-9,12-15,34H,3-4,10-11H2,(H,31,35)/b30-14+. The van der Waals surface area contributed by atoms with Gasteiger partial charge in [0.15, 0.2) is 0 Å². The fourth-order valence-corrected chi connectivity index (χ4v) is 6.19. The minimum atomic E-state index is -0.677. The molecule has 0 fully saturated rings. The number of hydrazone groups is 1. The largest absolute Gasteiger partial charge is 0.502 e. The monoisotopic (exact) mass is 539 g/mol. The third-order valence-corrected chi connectivity index (χ3v) is 8.06. The molecular formula is C28H21N5O5S. The fraction of sp³-hybridized carbons (Fsp3) is 0.143. The average Bonchev–Trinajstić information content (AvgIpc) is 3.33. The zero-order valence-electron chi connectivity index (χ0n) is 20.5. The number of thiophene rings is 1. The Hall–Kier alpha value is -4.90. The van der Waals surface area contributed by atoms with E-state index in [1.807, 2.05) is 0 Å². The van der Waals surface area contributed by atoms with Crippen LogP contribution >= 0.6 is 11.3 Å². The molecule has 0 bridgehead atoms. The number of fused-ring (bicyclic) bond motifs is 4. The highest BCUT2D eigenvalue weighted by Crippen LogP contribution is 2.35. The van der Waals surface area contributed by atoms with E-state index in [2.05, 4.69) is 15.5 Å². The van der Waals surface area contributed by atoms with Gasteiger partial charge in [0.25, 0.3) is 11.5 Å². The minimum absolute atomic E-state index is 0.110. The summed E-state index contributed by atoms with van der Waals surface area (Å²) in [5.41, 5.74) is 3.71. The van der Waals surface area contributed by atoms with Crippen molar-refractivity contribution >= 4 is 50.1 Å². The molecule has 0 aliphatic heterocycles. The number of hydrogen-bond acceptors (Lipinski definition) is 8. The SMILES string of the molecule is O=C(N/N=C/c1c(O)c([N+](=O)[O-])cc2ccccc12)c1cccc(-n2cnc3sc4c(c3c2=O)CCCC4)c1. The maximum Gasteiger partial charge on any atom is 0.312 e. The fourth-order valence-electron chi connectivity index (χ4n) is 4.97. The topological polar surface area (TPSA) is 140 Å². The highest BCUT2D eigenvalue weighted by atomic mass is 32.1. The lowest BCUT2D eigenvalue weighted by Crippen LogP contribution is -2.21. The van der Waals surface area contributed by atoms with Gasteiger partial charge in [0, 0.05) is 16.5 Å². The molecule has 39 heavy (non-hydrogen) atoms. The number of aromatic hydroxyl groups is 1. The Bertz CT molecular complexity index is 1890. The van der Waals surface area contributed by atoms with Gasteiger partial charge < -0.3 is 5.11 Å². The second-order valence-electron chi connectivity index (χ2n) is 9.20. The number of carbonyl (C=O) groups is 1. The first kappa shape index (κ1) is 24.4. The first-order valence-electron chi connectivity index (χ1n) is 12.3. The molecule has 10 nitrogen and oxygen atoms in total. The summed E-state index contributed by atoms with van der Waals surface area (Å²) in [7, 11) is 0. The number of nitrogens with one attached hydrogen (secondary N) is 1. The summed E-state index contributed by atoms with van der Waals surface area (Å²) >= 11 is 1.58. The Morgan fingerprint density at radius 1 is 1.15 bits per heavy atom. The number of carbonyl (C=O) groups excluding carboxylic acids is 1. The summed E-state index contributed by atoms with van der Waals surface area (Å²) in [6.07, 6.45) is 6.66. The summed E-state index contributed by atoms with van der Waals surface area (Å²) in [5.74, 6) is -1.10. The molecule has 0 spiro atoms. The predicted molar refractivity (Wildman–Crippen MR) is 149 cm³/mol. The van der Waals surface area contributed by atoms with Crippen molar-refractivity contribution in [3.8, 4) is 11.4 Å².